The molecule has 1 amide bonds. The van der Waals surface area contributed by atoms with Crippen molar-refractivity contribution in [2.24, 2.45) is 0 Å². The molecule has 2 aromatic heterocycles. The van der Waals surface area contributed by atoms with Gasteiger partial charge in [0.1, 0.15) is 18.2 Å². The second-order valence-electron chi connectivity index (χ2n) is 6.53. The Bertz CT molecular complexity index is 965. The zero-order chi connectivity index (χ0) is 18.3. The van der Waals surface area contributed by atoms with Crippen molar-refractivity contribution in [2.45, 2.75) is 38.8 Å². The van der Waals surface area contributed by atoms with Gasteiger partial charge in [-0.15, -0.1) is 0 Å². The summed E-state index contributed by atoms with van der Waals surface area (Å²) in [4.78, 5) is 18.1. The number of amides is 1. The molecule has 4 rings (SSSR count). The molecule has 0 bridgehead atoms. The largest absolute Gasteiger partial charge is 0.452 e. The number of furan rings is 1. The van der Waals surface area contributed by atoms with Crippen LogP contribution in [0.5, 0.6) is 0 Å². The zero-order valence-electron chi connectivity index (χ0n) is 14.2. The van der Waals surface area contributed by atoms with Gasteiger partial charge in [0.05, 0.1) is 0 Å². The molecule has 1 saturated heterocycles. The summed E-state index contributed by atoms with van der Waals surface area (Å²) in [6, 6.07) is 5.45. The maximum Gasteiger partial charge on any atom is 0.251 e. The highest BCUT2D eigenvalue weighted by molar-refractivity contribution is 6.31. The molecule has 8 heteroatoms. The minimum Gasteiger partial charge on any atom is -0.452 e. The molecule has 1 unspecified atom stereocenters. The second kappa shape index (κ2) is 6.74. The van der Waals surface area contributed by atoms with Crippen LogP contribution in [0.15, 0.2) is 27.1 Å². The fourth-order valence-electron chi connectivity index (χ4n) is 3.22. The summed E-state index contributed by atoms with van der Waals surface area (Å²) in [5.74, 6) is 0.797. The van der Waals surface area contributed by atoms with Gasteiger partial charge in [-0.2, -0.15) is 4.98 Å². The van der Waals surface area contributed by atoms with E-state index in [9.17, 15) is 9.90 Å². The van der Waals surface area contributed by atoms with Crippen molar-refractivity contribution in [3.05, 3.63) is 34.7 Å². The number of carbonyl (C=O) groups is 1. The van der Waals surface area contributed by atoms with Crippen LogP contribution < -0.4 is 0 Å². The summed E-state index contributed by atoms with van der Waals surface area (Å²) >= 11 is 6.08. The van der Waals surface area contributed by atoms with Crippen LogP contribution >= 0.6 is 11.6 Å². The van der Waals surface area contributed by atoms with Gasteiger partial charge in [0.15, 0.2) is 5.76 Å². The first-order valence-corrected chi connectivity index (χ1v) is 8.88. The molecule has 1 aromatic carbocycles. The first-order valence-electron chi connectivity index (χ1n) is 8.51. The Hall–Kier alpha value is -2.38. The van der Waals surface area contributed by atoms with Crippen LogP contribution in [0.4, 0.5) is 0 Å². The van der Waals surface area contributed by atoms with Crippen molar-refractivity contribution in [1.82, 2.24) is 15.0 Å². The summed E-state index contributed by atoms with van der Waals surface area (Å²) in [6.45, 7) is 2.66. The van der Waals surface area contributed by atoms with Crippen LogP contribution in [-0.2, 0) is 11.3 Å². The predicted octanol–water partition coefficient (Wildman–Crippen LogP) is 3.32. The summed E-state index contributed by atoms with van der Waals surface area (Å²) in [5, 5.41) is 15.3. The van der Waals surface area contributed by atoms with E-state index in [0.29, 0.717) is 35.5 Å². The Kier molecular flexibility index (Phi) is 4.42. The minimum atomic E-state index is -0.956. The van der Waals surface area contributed by atoms with Crippen LogP contribution in [0.25, 0.3) is 22.6 Å². The standard InChI is InChI=1S/C18H18ClN3O4/c1-10-6-12(19)7-11-8-14(25-16(10)11)17-20-15(26-21-17)9-22-5-3-2-4-13(23)18(22)24/h6-8,13,23H,2-5,9H2,1H3. The maximum atomic E-state index is 12.2. The van der Waals surface area contributed by atoms with Crippen LogP contribution in [0.2, 0.25) is 5.02 Å². The molecule has 1 fully saturated rings. The number of fused-ring (bicyclic) bond motifs is 1. The first-order chi connectivity index (χ1) is 12.5. The molecule has 3 aromatic rings. The van der Waals surface area contributed by atoms with Gasteiger partial charge in [-0.1, -0.05) is 16.8 Å². The third-order valence-corrected chi connectivity index (χ3v) is 4.75. The van der Waals surface area contributed by atoms with Gasteiger partial charge < -0.3 is 18.9 Å². The van der Waals surface area contributed by atoms with Crippen molar-refractivity contribution >= 4 is 28.5 Å². The highest BCUT2D eigenvalue weighted by Gasteiger charge is 2.26. The molecule has 26 heavy (non-hydrogen) atoms. The summed E-state index contributed by atoms with van der Waals surface area (Å²) < 4.78 is 11.1. The number of aliphatic hydroxyl groups is 1. The molecule has 7 nitrogen and oxygen atoms in total. The zero-order valence-corrected chi connectivity index (χ0v) is 15.0. The van der Waals surface area contributed by atoms with E-state index in [4.69, 9.17) is 20.5 Å². The van der Waals surface area contributed by atoms with Gasteiger partial charge in [-0.25, -0.2) is 0 Å². The smallest absolute Gasteiger partial charge is 0.251 e. The molecule has 0 saturated carbocycles. The molecule has 0 radical (unpaired) electrons. The fraction of sp³-hybridized carbons (Fsp3) is 0.389. The number of hydrogen-bond donors (Lipinski definition) is 1. The van der Waals surface area contributed by atoms with E-state index in [1.807, 2.05) is 25.1 Å². The Morgan fingerprint density at radius 3 is 3.04 bits per heavy atom. The predicted molar refractivity (Wildman–Crippen MR) is 94.5 cm³/mol. The molecule has 3 heterocycles. The number of benzene rings is 1. The number of nitrogens with zero attached hydrogens (tertiary/aromatic N) is 3. The Labute approximate surface area is 154 Å². The molecule has 0 spiro atoms. The highest BCUT2D eigenvalue weighted by atomic mass is 35.5. The summed E-state index contributed by atoms with van der Waals surface area (Å²) in [6.07, 6.45) is 1.20. The molecule has 1 atom stereocenters. The average molecular weight is 376 g/mol. The molecular weight excluding hydrogens is 358 g/mol. The first kappa shape index (κ1) is 17.1. The lowest BCUT2D eigenvalue weighted by atomic mass is 10.2. The summed E-state index contributed by atoms with van der Waals surface area (Å²) in [7, 11) is 0. The van der Waals surface area contributed by atoms with E-state index in [1.54, 1.807) is 4.90 Å². The topological polar surface area (TPSA) is 92.6 Å². The highest BCUT2D eigenvalue weighted by Crippen LogP contribution is 2.30. The molecule has 1 N–H and O–H groups in total. The van der Waals surface area contributed by atoms with Gasteiger partial charge in [-0.3, -0.25) is 4.79 Å². The molecule has 0 aliphatic carbocycles. The number of aliphatic hydroxyl groups excluding tert-OH is 1. The van der Waals surface area contributed by atoms with Crippen molar-refractivity contribution in [3.63, 3.8) is 0 Å². The van der Waals surface area contributed by atoms with Crippen LogP contribution in [0.1, 0.15) is 30.7 Å². The molecule has 136 valence electrons. The monoisotopic (exact) mass is 375 g/mol. The molecular formula is C18H18ClN3O4. The Balaban J connectivity index is 1.58. The van der Waals surface area contributed by atoms with E-state index in [2.05, 4.69) is 10.1 Å². The third-order valence-electron chi connectivity index (χ3n) is 4.53. The SMILES string of the molecule is Cc1cc(Cl)cc2cc(-c3noc(CN4CCCCC(O)C4=O)n3)oc12. The lowest BCUT2D eigenvalue weighted by Crippen LogP contribution is -2.37. The van der Waals surface area contributed by atoms with Crippen molar-refractivity contribution < 1.29 is 18.8 Å². The Morgan fingerprint density at radius 1 is 1.35 bits per heavy atom. The third kappa shape index (κ3) is 3.20. The lowest BCUT2D eigenvalue weighted by molar-refractivity contribution is -0.140. The van der Waals surface area contributed by atoms with Gasteiger partial charge in [0.25, 0.3) is 5.91 Å². The number of hydrogen-bond acceptors (Lipinski definition) is 6. The number of carbonyl (C=O) groups excluding carboxylic acids is 1. The molecule has 1 aliphatic rings. The van der Waals surface area contributed by atoms with E-state index in [0.717, 1.165) is 29.4 Å². The van der Waals surface area contributed by atoms with Gasteiger partial charge in [-0.05, 0) is 49.9 Å². The second-order valence-corrected chi connectivity index (χ2v) is 6.97. The van der Waals surface area contributed by atoms with Gasteiger partial charge in [0, 0.05) is 17.0 Å². The number of aromatic nitrogens is 2. The van der Waals surface area contributed by atoms with E-state index >= 15 is 0 Å². The maximum absolute atomic E-state index is 12.2. The van der Waals surface area contributed by atoms with Crippen molar-refractivity contribution in [3.8, 4) is 11.6 Å². The van der Waals surface area contributed by atoms with Crippen molar-refractivity contribution in [2.75, 3.05) is 6.54 Å². The van der Waals surface area contributed by atoms with E-state index in [-0.39, 0.29) is 12.5 Å². The van der Waals surface area contributed by atoms with E-state index in [1.165, 1.54) is 0 Å². The number of rotatable bonds is 3. The van der Waals surface area contributed by atoms with Crippen LogP contribution in [0.3, 0.4) is 0 Å². The van der Waals surface area contributed by atoms with Crippen molar-refractivity contribution in [1.29, 1.82) is 0 Å². The summed E-state index contributed by atoms with van der Waals surface area (Å²) in [5.41, 5.74) is 1.65. The van der Waals surface area contributed by atoms with Crippen LogP contribution in [-0.4, -0.2) is 38.7 Å². The fourth-order valence-corrected chi connectivity index (χ4v) is 3.50. The van der Waals surface area contributed by atoms with Gasteiger partial charge in [0.2, 0.25) is 11.7 Å². The normalized spacial score (nSPS) is 18.5. The van der Waals surface area contributed by atoms with Crippen LogP contribution in [0, 0.1) is 6.92 Å². The number of likely N-dealkylation sites (tertiary alicyclic amines) is 1. The number of aryl methyl sites for hydroxylation is 1. The number of halogens is 1. The Morgan fingerprint density at radius 2 is 2.19 bits per heavy atom. The quantitative estimate of drug-likeness (QED) is 0.754. The van der Waals surface area contributed by atoms with E-state index < -0.39 is 6.10 Å². The van der Waals surface area contributed by atoms with Gasteiger partial charge >= 0.3 is 0 Å². The average Bonchev–Trinajstić information content (AvgIpc) is 3.19. The molecule has 1 aliphatic heterocycles. The minimum absolute atomic E-state index is 0.175. The lowest BCUT2D eigenvalue weighted by Gasteiger charge is -2.19.